The normalized spacial score (nSPS) is 17.8. The summed E-state index contributed by atoms with van der Waals surface area (Å²) in [6.07, 6.45) is 2.14. The summed E-state index contributed by atoms with van der Waals surface area (Å²) < 4.78 is 6.72. The maximum absolute atomic E-state index is 13.0. The van der Waals surface area contributed by atoms with E-state index in [1.807, 2.05) is 17.0 Å². The smallest absolute Gasteiger partial charge is 0.277 e. The number of likely N-dealkylation sites (N-methyl/N-ethyl adjacent to an activating group) is 1. The van der Waals surface area contributed by atoms with Crippen molar-refractivity contribution in [3.8, 4) is 5.75 Å². The summed E-state index contributed by atoms with van der Waals surface area (Å²) in [6, 6.07) is 14.5. The fourth-order valence-corrected chi connectivity index (χ4v) is 5.37. The zero-order valence-electron chi connectivity index (χ0n) is 18.0. The van der Waals surface area contributed by atoms with Gasteiger partial charge in [-0.1, -0.05) is 23.8 Å². The molecule has 0 aliphatic carbocycles. The molecule has 1 fully saturated rings. The molecule has 2 atom stereocenters. The summed E-state index contributed by atoms with van der Waals surface area (Å²) >= 11 is 1.77. The number of hydrogen-bond donors (Lipinski definition) is 1. The van der Waals surface area contributed by atoms with Gasteiger partial charge in [-0.25, -0.2) is 4.98 Å². The van der Waals surface area contributed by atoms with Crippen LogP contribution in [-0.2, 0) is 11.3 Å². The summed E-state index contributed by atoms with van der Waals surface area (Å²) in [6.45, 7) is 4.97. The van der Waals surface area contributed by atoms with E-state index in [0.29, 0.717) is 12.5 Å². The molecule has 1 aromatic heterocycles. The van der Waals surface area contributed by atoms with E-state index in [1.54, 1.807) is 18.4 Å². The van der Waals surface area contributed by atoms with Crippen molar-refractivity contribution in [2.45, 2.75) is 32.2 Å². The number of hydrogen-bond acceptors (Lipinski definition) is 4. The van der Waals surface area contributed by atoms with Gasteiger partial charge in [0.1, 0.15) is 12.3 Å². The van der Waals surface area contributed by atoms with Crippen molar-refractivity contribution in [3.63, 3.8) is 0 Å². The maximum atomic E-state index is 13.0. The Morgan fingerprint density at radius 3 is 2.93 bits per heavy atom. The van der Waals surface area contributed by atoms with Crippen LogP contribution in [0.25, 0.3) is 10.2 Å². The predicted molar refractivity (Wildman–Crippen MR) is 121 cm³/mol. The molecule has 1 N–H and O–H groups in total. The third-order valence-electron chi connectivity index (χ3n) is 5.81. The average Bonchev–Trinajstić information content (AvgIpc) is 3.18. The fourth-order valence-electron chi connectivity index (χ4n) is 4.27. The van der Waals surface area contributed by atoms with Gasteiger partial charge in [0.25, 0.3) is 5.91 Å². The molecule has 0 radical (unpaired) electrons. The molecule has 1 unspecified atom stereocenters. The first-order chi connectivity index (χ1) is 14.5. The van der Waals surface area contributed by atoms with Crippen LogP contribution in [0.1, 0.15) is 34.9 Å². The van der Waals surface area contributed by atoms with Crippen molar-refractivity contribution in [2.24, 2.45) is 0 Å². The number of carbonyl (C=O) groups is 1. The van der Waals surface area contributed by atoms with Gasteiger partial charge < -0.3 is 14.5 Å². The highest BCUT2D eigenvalue weighted by Crippen LogP contribution is 2.32. The third-order valence-corrected chi connectivity index (χ3v) is 7.01. The number of para-hydroxylation sites is 1. The molecular weight excluding hydrogens is 394 g/mol. The number of piperidine rings is 1. The van der Waals surface area contributed by atoms with Crippen LogP contribution in [0.4, 0.5) is 0 Å². The highest BCUT2D eigenvalue weighted by Gasteiger charge is 2.28. The Hall–Kier alpha value is -2.44. The van der Waals surface area contributed by atoms with E-state index in [0.717, 1.165) is 49.3 Å². The second kappa shape index (κ2) is 9.14. The van der Waals surface area contributed by atoms with E-state index in [1.165, 1.54) is 20.2 Å². The van der Waals surface area contributed by atoms with Gasteiger partial charge >= 0.3 is 0 Å². The first-order valence-corrected chi connectivity index (χ1v) is 11.4. The first-order valence-electron chi connectivity index (χ1n) is 10.6. The van der Waals surface area contributed by atoms with E-state index >= 15 is 0 Å². The minimum Gasteiger partial charge on any atom is -0.496 e. The van der Waals surface area contributed by atoms with Crippen molar-refractivity contribution in [2.75, 3.05) is 33.8 Å². The number of amides is 1. The SMILES string of the molecule is COc1ccc(C)cc1C[NH+](C)CC(=O)N1CCC[C@H](c2nc3ccccc3s2)C1. The number of carbonyl (C=O) groups excluding carboxylic acids is 1. The predicted octanol–water partition coefficient (Wildman–Crippen LogP) is 3.03. The quantitative estimate of drug-likeness (QED) is 0.662. The highest BCUT2D eigenvalue weighted by molar-refractivity contribution is 7.18. The monoisotopic (exact) mass is 424 g/mol. The zero-order chi connectivity index (χ0) is 21.1. The maximum Gasteiger partial charge on any atom is 0.277 e. The number of fused-ring (bicyclic) bond motifs is 1. The number of nitrogens with zero attached hydrogens (tertiary/aromatic N) is 2. The second-order valence-corrected chi connectivity index (χ2v) is 9.39. The molecule has 2 heterocycles. The highest BCUT2D eigenvalue weighted by atomic mass is 32.1. The number of rotatable bonds is 6. The summed E-state index contributed by atoms with van der Waals surface area (Å²) in [5.41, 5.74) is 3.42. The third kappa shape index (κ3) is 4.65. The molecule has 3 aromatic rings. The summed E-state index contributed by atoms with van der Waals surface area (Å²) in [7, 11) is 3.78. The lowest BCUT2D eigenvalue weighted by Gasteiger charge is -2.32. The number of likely N-dealkylation sites (tertiary alicyclic amines) is 1. The number of quaternary nitrogens is 1. The summed E-state index contributed by atoms with van der Waals surface area (Å²) in [5.74, 6) is 1.46. The molecule has 4 rings (SSSR count). The van der Waals surface area contributed by atoms with Crippen molar-refractivity contribution in [1.29, 1.82) is 0 Å². The topological polar surface area (TPSA) is 46.9 Å². The first kappa shape index (κ1) is 20.8. The molecule has 0 saturated carbocycles. The fraction of sp³-hybridized carbons (Fsp3) is 0.417. The van der Waals surface area contributed by atoms with Crippen LogP contribution in [-0.4, -0.2) is 49.6 Å². The number of methoxy groups -OCH3 is 1. The zero-order valence-corrected chi connectivity index (χ0v) is 18.8. The van der Waals surface area contributed by atoms with E-state index in [9.17, 15) is 4.79 Å². The van der Waals surface area contributed by atoms with Gasteiger partial charge in [0.2, 0.25) is 0 Å². The minimum absolute atomic E-state index is 0.227. The number of aromatic nitrogens is 1. The van der Waals surface area contributed by atoms with Gasteiger partial charge in [-0.15, -0.1) is 11.3 Å². The number of benzene rings is 2. The molecular formula is C24H30N3O2S+. The largest absolute Gasteiger partial charge is 0.496 e. The van der Waals surface area contributed by atoms with Gasteiger partial charge in [-0.05, 0) is 44.0 Å². The Balaban J connectivity index is 1.39. The standard InChI is InChI=1S/C24H29N3O2S/c1-17-10-11-21(29-3)19(13-17)14-26(2)16-23(28)27-12-6-7-18(15-27)24-25-20-8-4-5-9-22(20)30-24/h4-5,8-11,13,18H,6-7,12,14-16H2,1-3H3/p+1/t18-/m0/s1. The molecule has 0 spiro atoms. The van der Waals surface area contributed by atoms with Crippen molar-refractivity contribution < 1.29 is 14.4 Å². The number of ether oxygens (including phenoxy) is 1. The van der Waals surface area contributed by atoms with Crippen LogP contribution < -0.4 is 9.64 Å². The van der Waals surface area contributed by atoms with Crippen molar-refractivity contribution in [3.05, 3.63) is 58.6 Å². The lowest BCUT2D eigenvalue weighted by molar-refractivity contribution is -0.885. The Morgan fingerprint density at radius 1 is 1.30 bits per heavy atom. The van der Waals surface area contributed by atoms with E-state index in [-0.39, 0.29) is 5.91 Å². The molecule has 0 bridgehead atoms. The molecule has 30 heavy (non-hydrogen) atoms. The van der Waals surface area contributed by atoms with Crippen LogP contribution in [0.15, 0.2) is 42.5 Å². The van der Waals surface area contributed by atoms with Crippen LogP contribution in [0.2, 0.25) is 0 Å². The molecule has 1 amide bonds. The number of aryl methyl sites for hydroxylation is 1. The van der Waals surface area contributed by atoms with Gasteiger partial charge in [0, 0.05) is 24.6 Å². The molecule has 5 nitrogen and oxygen atoms in total. The molecule has 1 saturated heterocycles. The summed E-state index contributed by atoms with van der Waals surface area (Å²) in [4.78, 5) is 21.1. The Bertz CT molecular complexity index is 999. The van der Waals surface area contributed by atoms with Gasteiger partial charge in [0.05, 0.1) is 29.4 Å². The van der Waals surface area contributed by atoms with E-state index < -0.39 is 0 Å². The Labute approximate surface area is 182 Å². The molecule has 158 valence electrons. The minimum atomic E-state index is 0.227. The van der Waals surface area contributed by atoms with Gasteiger partial charge in [-0.2, -0.15) is 0 Å². The van der Waals surface area contributed by atoms with Crippen LogP contribution in [0.5, 0.6) is 5.75 Å². The molecule has 1 aliphatic heterocycles. The van der Waals surface area contributed by atoms with E-state index in [4.69, 9.17) is 9.72 Å². The Morgan fingerprint density at radius 2 is 2.13 bits per heavy atom. The average molecular weight is 425 g/mol. The molecule has 1 aliphatic rings. The van der Waals surface area contributed by atoms with Crippen LogP contribution in [0, 0.1) is 6.92 Å². The summed E-state index contributed by atoms with van der Waals surface area (Å²) in [5, 5.41) is 1.17. The van der Waals surface area contributed by atoms with Crippen LogP contribution >= 0.6 is 11.3 Å². The van der Waals surface area contributed by atoms with E-state index in [2.05, 4.69) is 44.3 Å². The lowest BCUT2D eigenvalue weighted by Crippen LogP contribution is -3.08. The molecule has 2 aromatic carbocycles. The second-order valence-electron chi connectivity index (χ2n) is 8.32. The lowest BCUT2D eigenvalue weighted by atomic mass is 9.98. The number of thiazole rings is 1. The van der Waals surface area contributed by atoms with Crippen molar-refractivity contribution in [1.82, 2.24) is 9.88 Å². The van der Waals surface area contributed by atoms with Gasteiger partial charge in [-0.3, -0.25) is 4.79 Å². The number of nitrogens with one attached hydrogen (secondary N) is 1. The van der Waals surface area contributed by atoms with Crippen LogP contribution in [0.3, 0.4) is 0 Å². The van der Waals surface area contributed by atoms with Gasteiger partial charge in [0.15, 0.2) is 6.54 Å². The molecule has 6 heteroatoms. The van der Waals surface area contributed by atoms with Crippen molar-refractivity contribution >= 4 is 27.5 Å². The Kier molecular flexibility index (Phi) is 6.35.